The van der Waals surface area contributed by atoms with Crippen molar-refractivity contribution in [3.05, 3.63) is 0 Å². The van der Waals surface area contributed by atoms with Crippen LogP contribution >= 0.6 is 0 Å². The van der Waals surface area contributed by atoms with Crippen LogP contribution in [0.4, 0.5) is 0 Å². The summed E-state index contributed by atoms with van der Waals surface area (Å²) in [7, 11) is 1.68. The van der Waals surface area contributed by atoms with Gasteiger partial charge in [0.15, 0.2) is 0 Å². The number of aliphatic hydroxyl groups excluding tert-OH is 1. The second-order valence-corrected chi connectivity index (χ2v) is 4.71. The predicted octanol–water partition coefficient (Wildman–Crippen LogP) is -0.180. The van der Waals surface area contributed by atoms with Gasteiger partial charge in [0.1, 0.15) is 0 Å². The molecular weight excluding hydrogens is 192 g/mol. The smallest absolute Gasteiger partial charge is 0.0638 e. The van der Waals surface area contributed by atoms with E-state index in [1.165, 1.54) is 25.8 Å². The van der Waals surface area contributed by atoms with Crippen molar-refractivity contribution in [2.45, 2.75) is 37.4 Å². The fraction of sp³-hybridized carbons (Fsp3) is 1.00. The van der Waals surface area contributed by atoms with Crippen LogP contribution < -0.4 is 5.32 Å². The third kappa shape index (κ3) is 3.14. The zero-order valence-corrected chi connectivity index (χ0v) is 9.48. The van der Waals surface area contributed by atoms with Crippen molar-refractivity contribution in [1.29, 1.82) is 0 Å². The summed E-state index contributed by atoms with van der Waals surface area (Å²) in [6.45, 7) is 3.11. The van der Waals surface area contributed by atoms with Crippen LogP contribution in [0.3, 0.4) is 0 Å². The average molecular weight is 214 g/mol. The summed E-state index contributed by atoms with van der Waals surface area (Å²) in [6, 6.07) is 1.50. The summed E-state index contributed by atoms with van der Waals surface area (Å²) in [4.78, 5) is 2.57. The molecule has 0 aromatic heterocycles. The highest BCUT2D eigenvalue weighted by Gasteiger charge is 2.34. The van der Waals surface area contributed by atoms with Gasteiger partial charge in [-0.15, -0.1) is 0 Å². The number of ether oxygens (including phenoxy) is 1. The van der Waals surface area contributed by atoms with Gasteiger partial charge < -0.3 is 15.2 Å². The topological polar surface area (TPSA) is 44.7 Å². The van der Waals surface area contributed by atoms with E-state index in [0.29, 0.717) is 12.6 Å². The van der Waals surface area contributed by atoms with Gasteiger partial charge in [-0.25, -0.2) is 0 Å². The van der Waals surface area contributed by atoms with Crippen molar-refractivity contribution < 1.29 is 9.84 Å². The van der Waals surface area contributed by atoms with Gasteiger partial charge in [0.05, 0.1) is 19.3 Å². The molecule has 0 bridgehead atoms. The quantitative estimate of drug-likeness (QED) is 0.644. The first-order valence-corrected chi connectivity index (χ1v) is 5.93. The number of hydrogen-bond acceptors (Lipinski definition) is 4. The Morgan fingerprint density at radius 3 is 2.87 bits per heavy atom. The van der Waals surface area contributed by atoms with E-state index in [1.807, 2.05) is 0 Å². The van der Waals surface area contributed by atoms with E-state index in [0.717, 1.165) is 12.6 Å². The molecule has 1 aliphatic carbocycles. The molecule has 4 heteroatoms. The van der Waals surface area contributed by atoms with Crippen LogP contribution in [0, 0.1) is 0 Å². The van der Waals surface area contributed by atoms with Crippen LogP contribution in [-0.2, 0) is 4.74 Å². The molecule has 2 fully saturated rings. The third-order valence-electron chi connectivity index (χ3n) is 3.34. The fourth-order valence-corrected chi connectivity index (χ4v) is 2.38. The molecule has 0 aromatic rings. The van der Waals surface area contributed by atoms with E-state index in [4.69, 9.17) is 9.84 Å². The normalized spacial score (nSPS) is 29.6. The molecule has 1 saturated heterocycles. The fourth-order valence-electron chi connectivity index (χ4n) is 2.38. The maximum absolute atomic E-state index is 9.15. The second kappa shape index (κ2) is 5.25. The average Bonchev–Trinajstić information content (AvgIpc) is 2.99. The highest BCUT2D eigenvalue weighted by Crippen LogP contribution is 2.29. The lowest BCUT2D eigenvalue weighted by atomic mass is 10.2. The summed E-state index contributed by atoms with van der Waals surface area (Å²) in [6.07, 6.45) is 3.97. The molecule has 1 aliphatic heterocycles. The van der Waals surface area contributed by atoms with Crippen molar-refractivity contribution >= 4 is 0 Å². The number of likely N-dealkylation sites (tertiary alicyclic amines) is 1. The van der Waals surface area contributed by atoms with Crippen molar-refractivity contribution in [3.8, 4) is 0 Å². The van der Waals surface area contributed by atoms with Crippen molar-refractivity contribution in [2.75, 3.05) is 33.4 Å². The van der Waals surface area contributed by atoms with E-state index < -0.39 is 0 Å². The van der Waals surface area contributed by atoms with Crippen LogP contribution in [0.25, 0.3) is 0 Å². The van der Waals surface area contributed by atoms with Gasteiger partial charge >= 0.3 is 0 Å². The van der Waals surface area contributed by atoms with E-state index in [2.05, 4.69) is 10.2 Å². The molecule has 1 heterocycles. The summed E-state index contributed by atoms with van der Waals surface area (Å²) < 4.78 is 5.06. The van der Waals surface area contributed by atoms with E-state index in [9.17, 15) is 0 Å². The minimum atomic E-state index is 0.0964. The Kier molecular flexibility index (Phi) is 3.97. The summed E-state index contributed by atoms with van der Waals surface area (Å²) in [5.74, 6) is 0. The Bertz CT molecular complexity index is 197. The van der Waals surface area contributed by atoms with Crippen molar-refractivity contribution in [3.63, 3.8) is 0 Å². The Hall–Kier alpha value is -0.160. The molecule has 0 spiro atoms. The molecule has 2 unspecified atom stereocenters. The van der Waals surface area contributed by atoms with Crippen LogP contribution in [0.1, 0.15) is 19.3 Å². The van der Waals surface area contributed by atoms with Gasteiger partial charge in [0.25, 0.3) is 0 Å². The number of hydrogen-bond donors (Lipinski definition) is 2. The van der Waals surface area contributed by atoms with Gasteiger partial charge in [0, 0.05) is 32.3 Å². The standard InChI is InChI=1S/C11H22N2O2/c1-15-8-10(7-14)12-9-4-5-13(6-9)11-2-3-11/h9-12,14H,2-8H2,1H3. The lowest BCUT2D eigenvalue weighted by Crippen LogP contribution is -2.44. The minimum absolute atomic E-state index is 0.0964. The zero-order valence-electron chi connectivity index (χ0n) is 9.48. The molecule has 1 saturated carbocycles. The Morgan fingerprint density at radius 1 is 1.47 bits per heavy atom. The van der Waals surface area contributed by atoms with Gasteiger partial charge in [-0.1, -0.05) is 0 Å². The maximum atomic E-state index is 9.15. The molecule has 2 atom stereocenters. The Balaban J connectivity index is 1.70. The number of aliphatic hydroxyl groups is 1. The van der Waals surface area contributed by atoms with Gasteiger partial charge in [-0.2, -0.15) is 0 Å². The van der Waals surface area contributed by atoms with Gasteiger partial charge in [-0.05, 0) is 19.3 Å². The first-order chi connectivity index (χ1) is 7.33. The highest BCUT2D eigenvalue weighted by molar-refractivity contribution is 4.92. The minimum Gasteiger partial charge on any atom is -0.395 e. The van der Waals surface area contributed by atoms with Crippen molar-refractivity contribution in [1.82, 2.24) is 10.2 Å². The second-order valence-electron chi connectivity index (χ2n) is 4.71. The summed E-state index contributed by atoms with van der Waals surface area (Å²) in [5, 5.41) is 12.6. The van der Waals surface area contributed by atoms with E-state index >= 15 is 0 Å². The summed E-state index contributed by atoms with van der Waals surface area (Å²) in [5.41, 5.74) is 0. The predicted molar refractivity (Wildman–Crippen MR) is 58.9 cm³/mol. The molecule has 2 rings (SSSR count). The molecule has 2 aliphatic rings. The van der Waals surface area contributed by atoms with E-state index in [-0.39, 0.29) is 12.6 Å². The third-order valence-corrected chi connectivity index (χ3v) is 3.34. The lowest BCUT2D eigenvalue weighted by Gasteiger charge is -2.21. The number of rotatable bonds is 6. The number of nitrogens with zero attached hydrogens (tertiary/aromatic N) is 1. The molecule has 0 radical (unpaired) electrons. The number of nitrogens with one attached hydrogen (secondary N) is 1. The molecular formula is C11H22N2O2. The monoisotopic (exact) mass is 214 g/mol. The molecule has 0 amide bonds. The van der Waals surface area contributed by atoms with Gasteiger partial charge in [0.2, 0.25) is 0 Å². The molecule has 88 valence electrons. The first kappa shape index (κ1) is 11.3. The largest absolute Gasteiger partial charge is 0.395 e. The van der Waals surface area contributed by atoms with Crippen molar-refractivity contribution in [2.24, 2.45) is 0 Å². The van der Waals surface area contributed by atoms with Crippen LogP contribution in [0.5, 0.6) is 0 Å². The maximum Gasteiger partial charge on any atom is 0.0638 e. The number of methoxy groups -OCH3 is 1. The Labute approximate surface area is 91.6 Å². The first-order valence-electron chi connectivity index (χ1n) is 5.93. The lowest BCUT2D eigenvalue weighted by molar-refractivity contribution is 0.122. The molecule has 2 N–H and O–H groups in total. The Morgan fingerprint density at radius 2 is 2.27 bits per heavy atom. The summed E-state index contributed by atoms with van der Waals surface area (Å²) >= 11 is 0. The van der Waals surface area contributed by atoms with E-state index in [1.54, 1.807) is 7.11 Å². The zero-order chi connectivity index (χ0) is 10.7. The highest BCUT2D eigenvalue weighted by atomic mass is 16.5. The van der Waals surface area contributed by atoms with Crippen LogP contribution in [-0.4, -0.2) is 61.5 Å². The molecule has 0 aromatic carbocycles. The van der Waals surface area contributed by atoms with Gasteiger partial charge in [-0.3, -0.25) is 4.90 Å². The van der Waals surface area contributed by atoms with Crippen LogP contribution in [0.15, 0.2) is 0 Å². The molecule has 15 heavy (non-hydrogen) atoms. The molecule has 4 nitrogen and oxygen atoms in total. The van der Waals surface area contributed by atoms with Crippen LogP contribution in [0.2, 0.25) is 0 Å². The SMILES string of the molecule is COCC(CO)NC1CCN(C2CC2)C1.